The molecule has 0 saturated carbocycles. The summed E-state index contributed by atoms with van der Waals surface area (Å²) in [4.78, 5) is 46.6. The van der Waals surface area contributed by atoms with Crippen molar-refractivity contribution in [3.63, 3.8) is 0 Å². The van der Waals surface area contributed by atoms with Crippen molar-refractivity contribution in [2.45, 2.75) is 25.6 Å². The minimum atomic E-state index is -1.33. The third-order valence-electron chi connectivity index (χ3n) is 3.63. The number of carbonyl (C=O) groups excluding carboxylic acids is 4. The van der Waals surface area contributed by atoms with Gasteiger partial charge < -0.3 is 29.2 Å². The van der Waals surface area contributed by atoms with Crippen LogP contribution in [0.25, 0.3) is 0 Å². The number of benzene rings is 1. The Bertz CT molecular complexity index is 771. The summed E-state index contributed by atoms with van der Waals surface area (Å²) in [6, 6.07) is 5.75. The van der Waals surface area contributed by atoms with Crippen molar-refractivity contribution in [1.82, 2.24) is 0 Å². The lowest BCUT2D eigenvalue weighted by atomic mass is 10.1. The summed E-state index contributed by atoms with van der Waals surface area (Å²) in [6.07, 6.45) is -0.0685. The molecule has 10 nitrogen and oxygen atoms in total. The van der Waals surface area contributed by atoms with E-state index in [9.17, 15) is 29.4 Å². The number of hydrogen-bond acceptors (Lipinski definition) is 10. The average Bonchev–Trinajstić information content (AvgIpc) is 2.77. The highest BCUT2D eigenvalue weighted by molar-refractivity contribution is 6.03. The van der Waals surface area contributed by atoms with Crippen LogP contribution >= 0.6 is 0 Å². The van der Waals surface area contributed by atoms with Gasteiger partial charge in [-0.15, -0.1) is 0 Å². The molecule has 0 amide bonds. The van der Waals surface area contributed by atoms with Crippen LogP contribution in [-0.2, 0) is 28.5 Å². The Morgan fingerprint density at radius 3 is 1.80 bits per heavy atom. The van der Waals surface area contributed by atoms with Crippen LogP contribution in [0.3, 0.4) is 0 Å². The molecule has 10 heteroatoms. The Balaban J connectivity index is 2.57. The fraction of sp³-hybridized carbons (Fsp3) is 0.400. The number of methoxy groups -OCH3 is 1. The van der Waals surface area contributed by atoms with Crippen LogP contribution in [-0.4, -0.2) is 73.2 Å². The molecule has 0 fully saturated rings. The molecule has 0 aliphatic carbocycles. The van der Waals surface area contributed by atoms with Gasteiger partial charge in [0.1, 0.15) is 25.9 Å². The fourth-order valence-corrected chi connectivity index (χ4v) is 1.93. The van der Waals surface area contributed by atoms with E-state index < -0.39 is 49.3 Å². The molecule has 1 aromatic carbocycles. The molecule has 0 aromatic heterocycles. The number of carbonyl (C=O) groups is 4. The molecular formula is C20H24O10. The highest BCUT2D eigenvalue weighted by Crippen LogP contribution is 2.13. The molecule has 0 saturated heterocycles. The van der Waals surface area contributed by atoms with Gasteiger partial charge in [0, 0.05) is 12.2 Å². The van der Waals surface area contributed by atoms with Crippen LogP contribution in [0.1, 0.15) is 34.1 Å². The molecule has 0 aliphatic rings. The van der Waals surface area contributed by atoms with Gasteiger partial charge in [0.2, 0.25) is 0 Å². The fourth-order valence-electron chi connectivity index (χ4n) is 1.93. The van der Waals surface area contributed by atoms with Crippen LogP contribution in [0.4, 0.5) is 0 Å². The van der Waals surface area contributed by atoms with Crippen molar-refractivity contribution in [1.29, 1.82) is 0 Å². The van der Waals surface area contributed by atoms with Crippen LogP contribution in [0, 0.1) is 0 Å². The molecule has 1 aromatic rings. The molecule has 0 spiro atoms. The summed E-state index contributed by atoms with van der Waals surface area (Å²) >= 11 is 0. The second-order valence-corrected chi connectivity index (χ2v) is 5.94. The van der Waals surface area contributed by atoms with E-state index in [1.807, 2.05) is 0 Å². The summed E-state index contributed by atoms with van der Waals surface area (Å²) in [5.74, 6) is -3.34. The second kappa shape index (κ2) is 13.1. The predicted molar refractivity (Wildman–Crippen MR) is 101 cm³/mol. The number of aliphatic hydroxyl groups is 2. The monoisotopic (exact) mass is 424 g/mol. The molecule has 0 heterocycles. The zero-order chi connectivity index (χ0) is 22.5. The maximum Gasteiger partial charge on any atom is 0.339 e. The molecule has 1 rings (SSSR count). The van der Waals surface area contributed by atoms with Crippen molar-refractivity contribution in [3.05, 3.63) is 47.5 Å². The minimum absolute atomic E-state index is 0.0559. The van der Waals surface area contributed by atoms with Gasteiger partial charge in [-0.1, -0.05) is 19.1 Å². The molecule has 30 heavy (non-hydrogen) atoms. The maximum atomic E-state index is 12.3. The van der Waals surface area contributed by atoms with E-state index in [0.717, 1.165) is 19.3 Å². The van der Waals surface area contributed by atoms with Crippen LogP contribution < -0.4 is 0 Å². The van der Waals surface area contributed by atoms with E-state index in [2.05, 4.69) is 4.74 Å². The second-order valence-electron chi connectivity index (χ2n) is 5.94. The van der Waals surface area contributed by atoms with E-state index in [-0.39, 0.29) is 17.7 Å². The lowest BCUT2D eigenvalue weighted by molar-refractivity contribution is -0.142. The molecular weight excluding hydrogens is 400 g/mol. The summed E-state index contributed by atoms with van der Waals surface area (Å²) in [7, 11) is 1.14. The largest absolute Gasteiger partial charge is 0.466 e. The third-order valence-corrected chi connectivity index (χ3v) is 3.63. The smallest absolute Gasteiger partial charge is 0.339 e. The number of esters is 4. The van der Waals surface area contributed by atoms with Crippen LogP contribution in [0.5, 0.6) is 0 Å². The van der Waals surface area contributed by atoms with Gasteiger partial charge >= 0.3 is 23.9 Å². The zero-order valence-electron chi connectivity index (χ0n) is 16.6. The van der Waals surface area contributed by atoms with Gasteiger partial charge in [-0.3, -0.25) is 0 Å². The first-order valence-electron chi connectivity index (χ1n) is 9.00. The number of aliphatic hydroxyl groups excluding tert-OH is 2. The van der Waals surface area contributed by atoms with Crippen molar-refractivity contribution >= 4 is 23.9 Å². The van der Waals surface area contributed by atoms with E-state index in [1.165, 1.54) is 24.3 Å². The normalized spacial score (nSPS) is 12.7. The van der Waals surface area contributed by atoms with E-state index in [1.54, 1.807) is 6.92 Å². The molecule has 0 radical (unpaired) electrons. The molecule has 2 N–H and O–H groups in total. The van der Waals surface area contributed by atoms with Crippen LogP contribution in [0.2, 0.25) is 0 Å². The Morgan fingerprint density at radius 1 is 0.833 bits per heavy atom. The molecule has 0 bridgehead atoms. The molecule has 164 valence electrons. The molecule has 0 aliphatic heterocycles. The first-order valence-corrected chi connectivity index (χ1v) is 9.00. The van der Waals surface area contributed by atoms with Crippen LogP contribution in [0.15, 0.2) is 36.4 Å². The zero-order valence-corrected chi connectivity index (χ0v) is 16.6. The summed E-state index contributed by atoms with van der Waals surface area (Å²) in [5, 5.41) is 19.3. The van der Waals surface area contributed by atoms with Gasteiger partial charge in [-0.2, -0.15) is 0 Å². The Morgan fingerprint density at radius 2 is 1.30 bits per heavy atom. The first-order chi connectivity index (χ1) is 14.3. The SMILES string of the molecule is CCC(O)COC(=O)c1ccccc1C(=O)OCC(O)COC(=O)/C=C\C(=O)OC. The Hall–Kier alpha value is -3.24. The number of rotatable bonds is 11. The Kier molecular flexibility index (Phi) is 10.8. The van der Waals surface area contributed by atoms with Crippen molar-refractivity contribution in [3.8, 4) is 0 Å². The molecule has 2 atom stereocenters. The van der Waals surface area contributed by atoms with Crippen molar-refractivity contribution in [2.75, 3.05) is 26.9 Å². The average molecular weight is 424 g/mol. The van der Waals surface area contributed by atoms with E-state index in [4.69, 9.17) is 14.2 Å². The van der Waals surface area contributed by atoms with Gasteiger partial charge in [0.15, 0.2) is 0 Å². The molecule has 2 unspecified atom stereocenters. The minimum Gasteiger partial charge on any atom is -0.466 e. The van der Waals surface area contributed by atoms with E-state index >= 15 is 0 Å². The quantitative estimate of drug-likeness (QED) is 0.291. The standard InChI is InChI=1S/C20H24O10/c1-3-13(21)10-29-19(25)15-6-4-5-7-16(15)20(26)30-12-14(22)11-28-18(24)9-8-17(23)27-2/h4-9,13-14,21-22H,3,10-12H2,1-2H3/b9-8-. The van der Waals surface area contributed by atoms with Crippen molar-refractivity contribution in [2.24, 2.45) is 0 Å². The summed E-state index contributed by atoms with van der Waals surface area (Å²) in [6.45, 7) is 0.510. The Labute approximate surface area is 173 Å². The lowest BCUT2D eigenvalue weighted by Crippen LogP contribution is -2.26. The predicted octanol–water partition coefficient (Wildman–Crippen LogP) is 0.404. The summed E-state index contributed by atoms with van der Waals surface area (Å²) in [5.41, 5.74) is -0.140. The summed E-state index contributed by atoms with van der Waals surface area (Å²) < 4.78 is 18.9. The van der Waals surface area contributed by atoms with Gasteiger partial charge in [0.25, 0.3) is 0 Å². The van der Waals surface area contributed by atoms with E-state index in [0.29, 0.717) is 6.42 Å². The number of hydrogen-bond donors (Lipinski definition) is 2. The highest BCUT2D eigenvalue weighted by Gasteiger charge is 2.21. The van der Waals surface area contributed by atoms with Crippen molar-refractivity contribution < 1.29 is 48.3 Å². The highest BCUT2D eigenvalue weighted by atomic mass is 16.6. The third kappa shape index (κ3) is 8.84. The topological polar surface area (TPSA) is 146 Å². The van der Waals surface area contributed by atoms with Gasteiger partial charge in [0.05, 0.1) is 24.3 Å². The maximum absolute atomic E-state index is 12.3. The van der Waals surface area contributed by atoms with Gasteiger partial charge in [-0.05, 0) is 18.6 Å². The lowest BCUT2D eigenvalue weighted by Gasteiger charge is -2.13. The van der Waals surface area contributed by atoms with Gasteiger partial charge in [-0.25, -0.2) is 19.2 Å². The first kappa shape index (κ1) is 24.8. The number of ether oxygens (including phenoxy) is 4.